The van der Waals surface area contributed by atoms with Crippen LogP contribution in [0.2, 0.25) is 5.02 Å². The van der Waals surface area contributed by atoms with Crippen molar-refractivity contribution in [2.45, 2.75) is 70.0 Å². The lowest BCUT2D eigenvalue weighted by Crippen LogP contribution is -2.54. The van der Waals surface area contributed by atoms with Gasteiger partial charge in [0, 0.05) is 112 Å². The number of methoxy groups -OCH3 is 1. The largest absolute Gasteiger partial charge is 0.496 e. The van der Waals surface area contributed by atoms with Gasteiger partial charge in [-0.05, 0) is 74.3 Å². The zero-order valence-corrected chi connectivity index (χ0v) is 38.6. The molecule has 1 atom stereocenters. The minimum atomic E-state index is -2.48. The third-order valence-corrected chi connectivity index (χ3v) is 15.1. The molecule has 4 aliphatic rings. The van der Waals surface area contributed by atoms with Crippen molar-refractivity contribution in [3.63, 3.8) is 0 Å². The van der Waals surface area contributed by atoms with Crippen molar-refractivity contribution in [1.29, 1.82) is 0 Å². The number of aryl methyl sites for hydroxylation is 1. The number of aromatic nitrogens is 2. The topological polar surface area (TPSA) is 157 Å². The predicted molar refractivity (Wildman–Crippen MR) is 248 cm³/mol. The number of anilines is 1. The molecule has 3 fully saturated rings. The Morgan fingerprint density at radius 3 is 2.44 bits per heavy atom. The number of hydrogen-bond acceptors (Lipinski definition) is 11. The molecule has 0 bridgehead atoms. The van der Waals surface area contributed by atoms with Gasteiger partial charge in [-0.2, -0.15) is 0 Å². The maximum atomic E-state index is 13.2. The summed E-state index contributed by atoms with van der Waals surface area (Å²) < 4.78 is 18.9. The number of rotatable bonds is 15. The molecule has 5 heterocycles. The number of piperidine rings is 2. The van der Waals surface area contributed by atoms with Gasteiger partial charge in [-0.1, -0.05) is 54.1 Å². The SMILES string of the molecule is COc1cc(N2CCC(N3CCN(CC(=O)NCCCc4cccc5c4CN(C4CCC(=O)NC4=O)C5=O)CC3)CC2)ccc1Cc1ncc(Cl)c(Cc2ccccc2P(C)(C)=O)n1. The van der Waals surface area contributed by atoms with Gasteiger partial charge in [-0.15, -0.1) is 0 Å². The summed E-state index contributed by atoms with van der Waals surface area (Å²) in [5, 5.41) is 6.78. The standard InChI is InChI=1S/C48H58ClN8O6P/c1-63-42-28-36(14-13-33(42)27-44-51-29-39(49)40(52-44)26-34-8-4-5-12-43(34)64(2,3)62)55-20-17-35(18-21-55)56-24-22-54(23-25-56)31-46(59)50-19-7-10-32-9-6-11-37-38(32)30-57(48(37)61)41-15-16-45(58)53-47(41)60/h4-6,8-9,11-14,28-29,35,41H,7,10,15-27,30-31H2,1-3H3,(H,50,59)(H,53,58,60). The molecule has 0 aliphatic carbocycles. The van der Waals surface area contributed by atoms with Crippen molar-refractivity contribution in [1.82, 2.24) is 35.3 Å². The summed E-state index contributed by atoms with van der Waals surface area (Å²) in [6.07, 6.45) is 6.74. The van der Waals surface area contributed by atoms with Crippen LogP contribution in [-0.4, -0.2) is 133 Å². The fraction of sp³-hybridized carbons (Fsp3) is 0.458. The number of piperazine rings is 1. The van der Waals surface area contributed by atoms with Crippen molar-refractivity contribution >= 4 is 53.4 Å². The van der Waals surface area contributed by atoms with Crippen molar-refractivity contribution in [2.75, 3.05) is 77.7 Å². The Hall–Kier alpha value is -5.14. The molecule has 4 aliphatic heterocycles. The molecule has 3 aromatic carbocycles. The molecule has 4 amide bonds. The molecule has 64 heavy (non-hydrogen) atoms. The molecule has 3 saturated heterocycles. The van der Waals surface area contributed by atoms with Gasteiger partial charge in [0.15, 0.2) is 0 Å². The second-order valence-electron chi connectivity index (χ2n) is 17.7. The Bertz CT molecular complexity index is 2450. The number of halogens is 1. The third kappa shape index (κ3) is 10.5. The van der Waals surface area contributed by atoms with Crippen LogP contribution >= 0.6 is 18.7 Å². The smallest absolute Gasteiger partial charge is 0.255 e. The molecule has 0 radical (unpaired) electrons. The van der Waals surface area contributed by atoms with Crippen LogP contribution in [0.15, 0.2) is 66.9 Å². The van der Waals surface area contributed by atoms with E-state index in [9.17, 15) is 23.7 Å². The van der Waals surface area contributed by atoms with Crippen molar-refractivity contribution in [3.8, 4) is 5.75 Å². The second-order valence-corrected chi connectivity index (χ2v) is 21.3. The molecule has 0 spiro atoms. The summed E-state index contributed by atoms with van der Waals surface area (Å²) in [7, 11) is -0.783. The number of hydrogen-bond donors (Lipinski definition) is 2. The molecule has 2 N–H and O–H groups in total. The quantitative estimate of drug-likeness (QED) is 0.0972. The van der Waals surface area contributed by atoms with E-state index in [2.05, 4.69) is 48.5 Å². The van der Waals surface area contributed by atoms with Gasteiger partial charge < -0.3 is 24.4 Å². The van der Waals surface area contributed by atoms with Gasteiger partial charge in [0.25, 0.3) is 5.91 Å². The first-order valence-corrected chi connectivity index (χ1v) is 25.4. The molecule has 4 aromatic rings. The lowest BCUT2D eigenvalue weighted by molar-refractivity contribution is -0.137. The normalized spacial score (nSPS) is 18.9. The predicted octanol–water partition coefficient (Wildman–Crippen LogP) is 4.66. The van der Waals surface area contributed by atoms with E-state index in [-0.39, 0.29) is 24.1 Å². The lowest BCUT2D eigenvalue weighted by atomic mass is 9.99. The number of amides is 4. The highest BCUT2D eigenvalue weighted by Crippen LogP contribution is 2.37. The second kappa shape index (κ2) is 19.9. The van der Waals surface area contributed by atoms with Crippen LogP contribution in [-0.2, 0) is 44.8 Å². The summed E-state index contributed by atoms with van der Waals surface area (Å²) in [6, 6.07) is 19.7. The average Bonchev–Trinajstić information content (AvgIpc) is 3.62. The van der Waals surface area contributed by atoms with E-state index < -0.39 is 19.1 Å². The number of nitrogens with zero attached hydrogens (tertiary/aromatic N) is 6. The van der Waals surface area contributed by atoms with Gasteiger partial charge >= 0.3 is 0 Å². The molecule has 1 unspecified atom stereocenters. The van der Waals surface area contributed by atoms with Gasteiger partial charge in [0.2, 0.25) is 17.7 Å². The monoisotopic (exact) mass is 908 g/mol. The Labute approximate surface area is 380 Å². The van der Waals surface area contributed by atoms with Gasteiger partial charge in [0.1, 0.15) is 24.8 Å². The molecule has 14 nitrogen and oxygen atoms in total. The number of ether oxygens (including phenoxy) is 1. The molecular formula is C48H58ClN8O6P. The highest BCUT2D eigenvalue weighted by atomic mass is 35.5. The highest BCUT2D eigenvalue weighted by molar-refractivity contribution is 7.70. The number of nitrogens with one attached hydrogen (secondary N) is 2. The third-order valence-electron chi connectivity index (χ3n) is 13.2. The zero-order valence-electron chi connectivity index (χ0n) is 37.0. The summed E-state index contributed by atoms with van der Waals surface area (Å²) in [5.74, 6) is 0.577. The van der Waals surface area contributed by atoms with Crippen LogP contribution in [0.3, 0.4) is 0 Å². The molecule has 338 valence electrons. The minimum absolute atomic E-state index is 0.0229. The molecule has 1 aromatic heterocycles. The lowest BCUT2D eigenvalue weighted by Gasteiger charge is -2.43. The highest BCUT2D eigenvalue weighted by Gasteiger charge is 2.40. The van der Waals surface area contributed by atoms with Crippen LogP contribution in [0.25, 0.3) is 0 Å². The Morgan fingerprint density at radius 1 is 0.922 bits per heavy atom. The Morgan fingerprint density at radius 2 is 1.69 bits per heavy atom. The zero-order chi connectivity index (χ0) is 45.0. The van der Waals surface area contributed by atoms with Crippen molar-refractivity contribution in [3.05, 3.63) is 111 Å². The number of imide groups is 1. The fourth-order valence-electron chi connectivity index (χ4n) is 9.69. The van der Waals surface area contributed by atoms with Crippen LogP contribution < -0.4 is 25.6 Å². The van der Waals surface area contributed by atoms with E-state index in [1.165, 1.54) is 0 Å². The maximum Gasteiger partial charge on any atom is 0.255 e. The molecule has 16 heteroatoms. The molecule has 0 saturated carbocycles. The molecule has 8 rings (SSSR count). The van der Waals surface area contributed by atoms with Gasteiger partial charge in [0.05, 0.1) is 24.4 Å². The first kappa shape index (κ1) is 45.4. The number of carbonyl (C=O) groups is 4. The van der Waals surface area contributed by atoms with Crippen molar-refractivity contribution in [2.24, 2.45) is 0 Å². The van der Waals surface area contributed by atoms with E-state index in [1.807, 2.05) is 36.4 Å². The summed E-state index contributed by atoms with van der Waals surface area (Å²) in [4.78, 5) is 68.5. The first-order valence-electron chi connectivity index (χ1n) is 22.4. The van der Waals surface area contributed by atoms with E-state index in [0.29, 0.717) is 73.5 Å². The van der Waals surface area contributed by atoms with Crippen LogP contribution in [0, 0.1) is 0 Å². The first-order chi connectivity index (χ1) is 30.8. The maximum absolute atomic E-state index is 13.2. The van der Waals surface area contributed by atoms with Crippen molar-refractivity contribution < 1.29 is 28.5 Å². The Kier molecular flexibility index (Phi) is 14.2. The van der Waals surface area contributed by atoms with E-state index >= 15 is 0 Å². The minimum Gasteiger partial charge on any atom is -0.496 e. The summed E-state index contributed by atoms with van der Waals surface area (Å²) in [5.41, 5.74) is 6.38. The fourth-order valence-corrected chi connectivity index (χ4v) is 11.1. The van der Waals surface area contributed by atoms with Crippen LogP contribution in [0.1, 0.15) is 76.2 Å². The van der Waals surface area contributed by atoms with Gasteiger partial charge in [-0.25, -0.2) is 9.97 Å². The van der Waals surface area contributed by atoms with E-state index in [0.717, 1.165) is 97.5 Å². The summed E-state index contributed by atoms with van der Waals surface area (Å²) >= 11 is 6.57. The van der Waals surface area contributed by atoms with E-state index in [4.69, 9.17) is 21.3 Å². The number of fused-ring (bicyclic) bond motifs is 1. The summed E-state index contributed by atoms with van der Waals surface area (Å²) in [6.45, 7) is 10.3. The number of carbonyl (C=O) groups excluding carboxylic acids is 4. The number of benzene rings is 3. The van der Waals surface area contributed by atoms with Crippen LogP contribution in [0.5, 0.6) is 5.75 Å². The Balaban J connectivity index is 0.759. The van der Waals surface area contributed by atoms with E-state index in [1.54, 1.807) is 37.6 Å². The molecular weight excluding hydrogens is 851 g/mol. The van der Waals surface area contributed by atoms with Crippen LogP contribution in [0.4, 0.5) is 5.69 Å². The van der Waals surface area contributed by atoms with Gasteiger partial charge in [-0.3, -0.25) is 34.3 Å². The average molecular weight is 909 g/mol.